The number of hydrazone groups is 1. The fourth-order valence-corrected chi connectivity index (χ4v) is 7.44. The summed E-state index contributed by atoms with van der Waals surface area (Å²) in [6.07, 6.45) is -0.292. The number of piperazine rings is 1. The minimum atomic E-state index is -0.586. The van der Waals surface area contributed by atoms with E-state index in [2.05, 4.69) is 36.7 Å². The van der Waals surface area contributed by atoms with Gasteiger partial charge in [-0.2, -0.15) is 5.10 Å². The second-order valence-electron chi connectivity index (χ2n) is 14.4. The van der Waals surface area contributed by atoms with Crippen LogP contribution in [0.2, 0.25) is 0 Å². The summed E-state index contributed by atoms with van der Waals surface area (Å²) in [5.74, 6) is -0.0317. The molecule has 17 nitrogen and oxygen atoms in total. The highest BCUT2D eigenvalue weighted by Crippen LogP contribution is 2.46. The van der Waals surface area contributed by atoms with E-state index in [4.69, 9.17) is 33.8 Å². The maximum atomic E-state index is 14.2. The van der Waals surface area contributed by atoms with Crippen molar-refractivity contribution in [1.29, 1.82) is 0 Å². The lowest BCUT2D eigenvalue weighted by Gasteiger charge is -2.31. The van der Waals surface area contributed by atoms with Gasteiger partial charge in [-0.3, -0.25) is 9.59 Å². The predicted octanol–water partition coefficient (Wildman–Crippen LogP) is 4.44. The third-order valence-electron chi connectivity index (χ3n) is 10.1. The van der Waals surface area contributed by atoms with Crippen LogP contribution in [-0.2, 0) is 23.7 Å². The number of amides is 5. The maximum absolute atomic E-state index is 14.2. The average molecular weight is 895 g/mol. The molecule has 1 aromatic heterocycles. The van der Waals surface area contributed by atoms with Crippen LogP contribution >= 0.6 is 15.9 Å². The summed E-state index contributed by atoms with van der Waals surface area (Å²) in [5.41, 5.74) is 11.1. The fraction of sp³-hybridized carbons (Fsp3) is 0.452. The van der Waals surface area contributed by atoms with E-state index in [0.29, 0.717) is 106 Å². The standard InChI is InChI=1S/C42H52BrN7O10/c1-28(46-47-38(51)9-15-55-17-19-57-21-22-58-20-18-56-16-10-45-41(44)53)29-7-8-35-30(23-29)24-37(59-35)40(52)50-27-31(26-43)39-33-6-4-3-5-32(33)36(25-34(39)50)60-42(54)49-13-11-48(2)12-14-49/h3-8,23-25,31H,9-22,26-27H2,1-2H3,(H,47,51)(H3,44,45,53)/b46-28+/t31-/m1/s1. The number of hydrogen-bond acceptors (Lipinski definition) is 12. The van der Waals surface area contributed by atoms with E-state index < -0.39 is 12.1 Å². The second kappa shape index (κ2) is 21.9. The molecule has 2 aliphatic heterocycles. The molecule has 4 aromatic rings. The average Bonchev–Trinajstić information content (AvgIpc) is 3.85. The highest BCUT2D eigenvalue weighted by atomic mass is 79.9. The summed E-state index contributed by atoms with van der Waals surface area (Å²) < 4.78 is 33.8. The number of anilines is 1. The van der Waals surface area contributed by atoms with Crippen molar-refractivity contribution < 1.29 is 47.3 Å². The summed E-state index contributed by atoms with van der Waals surface area (Å²) in [7, 11) is 2.03. The van der Waals surface area contributed by atoms with Gasteiger partial charge in [0.1, 0.15) is 11.3 Å². The molecule has 6 rings (SSSR count). The highest BCUT2D eigenvalue weighted by molar-refractivity contribution is 9.09. The van der Waals surface area contributed by atoms with E-state index in [-0.39, 0.29) is 36.5 Å². The molecule has 2 aliphatic rings. The van der Waals surface area contributed by atoms with Crippen LogP contribution in [-0.4, -0.2) is 144 Å². The smallest absolute Gasteiger partial charge is 0.415 e. The van der Waals surface area contributed by atoms with Gasteiger partial charge in [0.25, 0.3) is 5.91 Å². The second-order valence-corrected chi connectivity index (χ2v) is 15.0. The van der Waals surface area contributed by atoms with Gasteiger partial charge in [-0.25, -0.2) is 15.0 Å². The first-order valence-electron chi connectivity index (χ1n) is 19.9. The molecular formula is C42H52BrN7O10. The van der Waals surface area contributed by atoms with E-state index in [0.717, 1.165) is 35.0 Å². The zero-order valence-electron chi connectivity index (χ0n) is 33.9. The van der Waals surface area contributed by atoms with Crippen molar-refractivity contribution in [2.24, 2.45) is 10.8 Å². The third kappa shape index (κ3) is 11.8. The summed E-state index contributed by atoms with van der Waals surface area (Å²) in [6, 6.07) is 16.2. The van der Waals surface area contributed by atoms with Crippen LogP contribution in [0.3, 0.4) is 0 Å². The molecule has 3 aromatic carbocycles. The molecule has 0 unspecified atom stereocenters. The van der Waals surface area contributed by atoms with E-state index in [1.54, 1.807) is 34.9 Å². The topological polar surface area (TPSA) is 200 Å². The number of nitrogens with zero attached hydrogens (tertiary/aromatic N) is 4. The first-order valence-corrected chi connectivity index (χ1v) is 21.0. The van der Waals surface area contributed by atoms with Crippen LogP contribution in [0.4, 0.5) is 15.3 Å². The zero-order chi connectivity index (χ0) is 42.4. The number of benzene rings is 3. The number of alkyl halides is 1. The molecule has 0 saturated carbocycles. The number of rotatable bonds is 20. The van der Waals surface area contributed by atoms with Gasteiger partial charge >= 0.3 is 12.1 Å². The Morgan fingerprint density at radius 3 is 2.22 bits per heavy atom. The van der Waals surface area contributed by atoms with Gasteiger partial charge in [-0.15, -0.1) is 0 Å². The number of halogens is 1. The number of nitrogens with two attached hydrogens (primary N) is 1. The monoisotopic (exact) mass is 893 g/mol. The molecule has 4 N–H and O–H groups in total. The number of hydrogen-bond donors (Lipinski definition) is 3. The molecule has 18 heteroatoms. The van der Waals surface area contributed by atoms with Crippen molar-refractivity contribution in [3.63, 3.8) is 0 Å². The Morgan fingerprint density at radius 2 is 1.53 bits per heavy atom. The number of fused-ring (bicyclic) bond motifs is 4. The summed E-state index contributed by atoms with van der Waals surface area (Å²) >= 11 is 3.67. The quantitative estimate of drug-likeness (QED) is 0.0491. The van der Waals surface area contributed by atoms with E-state index >= 15 is 0 Å². The lowest BCUT2D eigenvalue weighted by molar-refractivity contribution is -0.122. The molecule has 0 aliphatic carbocycles. The van der Waals surface area contributed by atoms with E-state index in [9.17, 15) is 19.2 Å². The largest absolute Gasteiger partial charge is 0.451 e. The van der Waals surface area contributed by atoms with Crippen LogP contribution in [0.5, 0.6) is 5.75 Å². The summed E-state index contributed by atoms with van der Waals surface area (Å²) in [4.78, 5) is 56.1. The number of furan rings is 1. The van der Waals surface area contributed by atoms with Crippen LogP contribution in [0.25, 0.3) is 21.7 Å². The van der Waals surface area contributed by atoms with Crippen LogP contribution < -0.4 is 26.1 Å². The minimum Gasteiger partial charge on any atom is -0.451 e. The first kappa shape index (κ1) is 44.4. The molecule has 0 spiro atoms. The number of carbonyl (C=O) groups excluding carboxylic acids is 4. The summed E-state index contributed by atoms with van der Waals surface area (Å²) in [6.45, 7) is 8.08. The van der Waals surface area contributed by atoms with Gasteiger partial charge in [0, 0.05) is 67.4 Å². The van der Waals surface area contributed by atoms with E-state index in [1.807, 2.05) is 43.4 Å². The normalized spacial score (nSPS) is 15.7. The number of ether oxygens (including phenoxy) is 5. The van der Waals surface area contributed by atoms with Crippen molar-refractivity contribution in [1.82, 2.24) is 20.5 Å². The van der Waals surface area contributed by atoms with Gasteiger partial charge in [0.15, 0.2) is 5.76 Å². The molecular weight excluding hydrogens is 842 g/mol. The minimum absolute atomic E-state index is 0.00219. The molecule has 60 heavy (non-hydrogen) atoms. The van der Waals surface area contributed by atoms with Gasteiger partial charge in [0.2, 0.25) is 5.91 Å². The van der Waals surface area contributed by atoms with Gasteiger partial charge in [-0.05, 0) is 54.8 Å². The predicted molar refractivity (Wildman–Crippen MR) is 229 cm³/mol. The van der Waals surface area contributed by atoms with Gasteiger partial charge in [-0.1, -0.05) is 40.2 Å². The lowest BCUT2D eigenvalue weighted by Crippen LogP contribution is -2.48. The molecule has 0 bridgehead atoms. The van der Waals surface area contributed by atoms with Crippen molar-refractivity contribution in [3.8, 4) is 5.75 Å². The number of primary amides is 1. The lowest BCUT2D eigenvalue weighted by atomic mass is 9.95. The van der Waals surface area contributed by atoms with Gasteiger partial charge < -0.3 is 53.9 Å². The van der Waals surface area contributed by atoms with Crippen LogP contribution in [0, 0.1) is 0 Å². The number of nitrogens with one attached hydrogen (secondary N) is 2. The molecule has 1 atom stereocenters. The molecule has 1 fully saturated rings. The molecule has 5 amide bonds. The zero-order valence-corrected chi connectivity index (χ0v) is 35.5. The molecule has 3 heterocycles. The highest BCUT2D eigenvalue weighted by Gasteiger charge is 2.36. The van der Waals surface area contributed by atoms with Crippen molar-refractivity contribution in [2.75, 3.05) is 109 Å². The Hall–Kier alpha value is -5.11. The van der Waals surface area contributed by atoms with Crippen LogP contribution in [0.15, 0.2) is 64.1 Å². The van der Waals surface area contributed by atoms with Crippen molar-refractivity contribution in [2.45, 2.75) is 19.3 Å². The molecule has 0 radical (unpaired) electrons. The van der Waals surface area contributed by atoms with E-state index in [1.165, 1.54) is 0 Å². The Kier molecular flexibility index (Phi) is 16.3. The number of likely N-dealkylation sites (N-methyl/N-ethyl adjacent to an activating group) is 1. The Balaban J connectivity index is 0.990. The van der Waals surface area contributed by atoms with Crippen molar-refractivity contribution in [3.05, 3.63) is 71.5 Å². The summed E-state index contributed by atoms with van der Waals surface area (Å²) in [5, 5.41) is 9.77. The van der Waals surface area contributed by atoms with Crippen molar-refractivity contribution >= 4 is 73.0 Å². The molecule has 322 valence electrons. The number of carbonyl (C=O) groups is 4. The third-order valence-corrected chi connectivity index (χ3v) is 10.9. The number of urea groups is 1. The Morgan fingerprint density at radius 1 is 0.867 bits per heavy atom. The van der Waals surface area contributed by atoms with Crippen LogP contribution in [0.1, 0.15) is 40.9 Å². The fourth-order valence-electron chi connectivity index (χ4n) is 6.91. The SMILES string of the molecule is C/C(=N\NC(=O)CCOCCOCCOCCOCCNC(N)=O)c1ccc2oc(C(=O)N3C[C@@H](CBr)c4c3cc(OC(=O)N3CCN(C)CC3)c3ccccc43)cc2c1. The maximum Gasteiger partial charge on any atom is 0.415 e. The Labute approximate surface area is 356 Å². The van der Waals surface area contributed by atoms with Gasteiger partial charge in [0.05, 0.1) is 70.7 Å². The Bertz CT molecular complexity index is 2160. The molecule has 1 saturated heterocycles. The first-order chi connectivity index (χ1) is 29.1.